The number of imidazole rings is 1. The molecule has 0 aromatic carbocycles. The van der Waals surface area contributed by atoms with E-state index in [0.29, 0.717) is 24.2 Å². The van der Waals surface area contributed by atoms with Crippen LogP contribution < -0.4 is 10.6 Å². The van der Waals surface area contributed by atoms with Crippen molar-refractivity contribution in [3.05, 3.63) is 24.2 Å². The maximum Gasteiger partial charge on any atom is 0.253 e. The number of pyridine rings is 1. The van der Waals surface area contributed by atoms with E-state index >= 15 is 0 Å². The Bertz CT molecular complexity index is 923. The lowest BCUT2D eigenvalue weighted by atomic mass is 10.0. The molecule has 0 unspecified atom stereocenters. The van der Waals surface area contributed by atoms with Crippen molar-refractivity contribution < 1.29 is 9.59 Å². The standard InChI is InChI=1S/C22H30N6O2/c29-20(25-16-5-6-16)13-27-9-7-17(8-10-27)26-22(30)15-11-19-21(23-12-15)28(14-24-19)18-3-1-2-4-18/h11-12,14,16-18H,1-10,13H2,(H,25,29)(H,26,30). The minimum absolute atomic E-state index is 0.0928. The van der Waals surface area contributed by atoms with Gasteiger partial charge in [-0.25, -0.2) is 9.97 Å². The molecule has 30 heavy (non-hydrogen) atoms. The number of piperidine rings is 1. The van der Waals surface area contributed by atoms with Crippen LogP contribution in [-0.4, -0.2) is 63.0 Å². The van der Waals surface area contributed by atoms with Crippen molar-refractivity contribution in [1.82, 2.24) is 30.1 Å². The van der Waals surface area contributed by atoms with Crippen LogP contribution in [0, 0.1) is 0 Å². The molecule has 3 aliphatic rings. The van der Waals surface area contributed by atoms with Gasteiger partial charge < -0.3 is 15.2 Å². The topological polar surface area (TPSA) is 92.2 Å². The zero-order chi connectivity index (χ0) is 20.5. The molecule has 2 aromatic heterocycles. The summed E-state index contributed by atoms with van der Waals surface area (Å²) >= 11 is 0. The van der Waals surface area contributed by atoms with Gasteiger partial charge in [-0.15, -0.1) is 0 Å². The molecule has 2 N–H and O–H groups in total. The molecule has 5 rings (SSSR count). The first-order valence-electron chi connectivity index (χ1n) is 11.3. The van der Waals surface area contributed by atoms with Gasteiger partial charge in [0.2, 0.25) is 5.91 Å². The summed E-state index contributed by atoms with van der Waals surface area (Å²) < 4.78 is 2.17. The second-order valence-electron chi connectivity index (χ2n) is 9.02. The molecule has 160 valence electrons. The third-order valence-corrected chi connectivity index (χ3v) is 6.63. The smallest absolute Gasteiger partial charge is 0.253 e. The van der Waals surface area contributed by atoms with Crippen molar-refractivity contribution in [3.63, 3.8) is 0 Å². The lowest BCUT2D eigenvalue weighted by molar-refractivity contribution is -0.122. The number of amides is 2. The fourth-order valence-corrected chi connectivity index (χ4v) is 4.70. The minimum Gasteiger partial charge on any atom is -0.352 e. The van der Waals surface area contributed by atoms with E-state index in [1.165, 1.54) is 25.7 Å². The molecule has 2 amide bonds. The zero-order valence-electron chi connectivity index (χ0n) is 17.3. The molecular formula is C22H30N6O2. The van der Waals surface area contributed by atoms with Crippen LogP contribution >= 0.6 is 0 Å². The van der Waals surface area contributed by atoms with Crippen molar-refractivity contribution in [2.75, 3.05) is 19.6 Å². The first-order chi connectivity index (χ1) is 14.7. The fourth-order valence-electron chi connectivity index (χ4n) is 4.70. The Morgan fingerprint density at radius 1 is 0.967 bits per heavy atom. The summed E-state index contributed by atoms with van der Waals surface area (Å²) in [5, 5.41) is 6.17. The molecule has 0 radical (unpaired) electrons. The van der Waals surface area contributed by atoms with Crippen LogP contribution in [0.3, 0.4) is 0 Å². The quantitative estimate of drug-likeness (QED) is 0.760. The van der Waals surface area contributed by atoms with Crippen molar-refractivity contribution in [3.8, 4) is 0 Å². The van der Waals surface area contributed by atoms with Crippen molar-refractivity contribution in [2.45, 2.75) is 69.5 Å². The summed E-state index contributed by atoms with van der Waals surface area (Å²) in [5.74, 6) is 0.0288. The van der Waals surface area contributed by atoms with Gasteiger partial charge >= 0.3 is 0 Å². The third-order valence-electron chi connectivity index (χ3n) is 6.63. The average Bonchev–Trinajstić information content (AvgIpc) is 3.23. The molecule has 0 atom stereocenters. The molecule has 8 nitrogen and oxygen atoms in total. The number of hydrogen-bond acceptors (Lipinski definition) is 5. The third kappa shape index (κ3) is 4.33. The van der Waals surface area contributed by atoms with Crippen LogP contribution in [0.25, 0.3) is 11.2 Å². The van der Waals surface area contributed by atoms with Gasteiger partial charge in [-0.1, -0.05) is 12.8 Å². The average molecular weight is 411 g/mol. The number of nitrogens with one attached hydrogen (secondary N) is 2. The number of fused-ring (bicyclic) bond motifs is 1. The van der Waals surface area contributed by atoms with E-state index in [-0.39, 0.29) is 17.9 Å². The summed E-state index contributed by atoms with van der Waals surface area (Å²) in [5.41, 5.74) is 2.22. The highest BCUT2D eigenvalue weighted by atomic mass is 16.2. The highest BCUT2D eigenvalue weighted by Gasteiger charge is 2.26. The Hall–Kier alpha value is -2.48. The summed E-state index contributed by atoms with van der Waals surface area (Å²) in [6.07, 6.45) is 12.3. The summed E-state index contributed by atoms with van der Waals surface area (Å²) in [7, 11) is 0. The Morgan fingerprint density at radius 2 is 1.70 bits per heavy atom. The van der Waals surface area contributed by atoms with Crippen LogP contribution in [0.15, 0.2) is 18.6 Å². The normalized spacial score (nSPS) is 21.2. The lowest BCUT2D eigenvalue weighted by Gasteiger charge is -2.31. The molecule has 3 fully saturated rings. The second kappa shape index (κ2) is 8.34. The predicted molar refractivity (Wildman–Crippen MR) is 113 cm³/mol. The van der Waals surface area contributed by atoms with Crippen molar-refractivity contribution in [1.29, 1.82) is 0 Å². The molecule has 1 saturated heterocycles. The number of hydrogen-bond donors (Lipinski definition) is 2. The van der Waals surface area contributed by atoms with Crippen molar-refractivity contribution in [2.24, 2.45) is 0 Å². The highest BCUT2D eigenvalue weighted by molar-refractivity contribution is 5.96. The molecule has 8 heteroatoms. The SMILES string of the molecule is O=C(CN1CCC(NC(=O)c2cnc3c(c2)ncn3C2CCCC2)CC1)NC1CC1. The molecule has 2 saturated carbocycles. The van der Waals surface area contributed by atoms with Crippen LogP contribution in [-0.2, 0) is 4.79 Å². The van der Waals surface area contributed by atoms with Gasteiger partial charge in [-0.3, -0.25) is 14.5 Å². The molecule has 2 aliphatic carbocycles. The Morgan fingerprint density at radius 3 is 2.43 bits per heavy atom. The van der Waals surface area contributed by atoms with Gasteiger partial charge in [-0.2, -0.15) is 0 Å². The molecular weight excluding hydrogens is 380 g/mol. The molecule has 0 bridgehead atoms. The van der Waals surface area contributed by atoms with E-state index in [1.54, 1.807) is 6.20 Å². The number of carbonyl (C=O) groups is 2. The first kappa shape index (κ1) is 19.5. The fraction of sp³-hybridized carbons (Fsp3) is 0.636. The number of likely N-dealkylation sites (tertiary alicyclic amines) is 1. The maximum atomic E-state index is 12.7. The first-order valence-corrected chi connectivity index (χ1v) is 11.3. The second-order valence-corrected chi connectivity index (χ2v) is 9.02. The number of carbonyl (C=O) groups excluding carboxylic acids is 2. The van der Waals surface area contributed by atoms with E-state index < -0.39 is 0 Å². The van der Waals surface area contributed by atoms with Gasteiger partial charge in [0.25, 0.3) is 5.91 Å². The Kier molecular flexibility index (Phi) is 5.41. The summed E-state index contributed by atoms with van der Waals surface area (Å²) in [6.45, 7) is 2.11. The van der Waals surface area contributed by atoms with Crippen LogP contribution in [0.5, 0.6) is 0 Å². The Labute approximate surface area is 176 Å². The van der Waals surface area contributed by atoms with E-state index in [9.17, 15) is 9.59 Å². The van der Waals surface area contributed by atoms with E-state index in [2.05, 4.69) is 30.1 Å². The number of nitrogens with zero attached hydrogens (tertiary/aromatic N) is 4. The predicted octanol–water partition coefficient (Wildman–Crippen LogP) is 2.02. The Balaban J connectivity index is 1.15. The van der Waals surface area contributed by atoms with Gasteiger partial charge in [0.15, 0.2) is 5.65 Å². The molecule has 0 spiro atoms. The number of rotatable bonds is 6. The van der Waals surface area contributed by atoms with Crippen molar-refractivity contribution >= 4 is 23.0 Å². The van der Waals surface area contributed by atoms with Crippen LogP contribution in [0.4, 0.5) is 0 Å². The molecule has 1 aliphatic heterocycles. The summed E-state index contributed by atoms with van der Waals surface area (Å²) in [6, 6.07) is 2.87. The van der Waals surface area contributed by atoms with Gasteiger partial charge in [0.05, 0.1) is 18.4 Å². The van der Waals surface area contributed by atoms with Gasteiger partial charge in [0.1, 0.15) is 5.52 Å². The maximum absolute atomic E-state index is 12.7. The largest absolute Gasteiger partial charge is 0.352 e. The van der Waals surface area contributed by atoms with Crippen LogP contribution in [0.1, 0.15) is 67.8 Å². The zero-order valence-corrected chi connectivity index (χ0v) is 17.3. The lowest BCUT2D eigenvalue weighted by Crippen LogP contribution is -2.47. The van der Waals surface area contributed by atoms with E-state index in [1.807, 2.05) is 12.4 Å². The molecule has 2 aromatic rings. The van der Waals surface area contributed by atoms with E-state index in [0.717, 1.165) is 49.9 Å². The monoisotopic (exact) mass is 410 g/mol. The van der Waals surface area contributed by atoms with Crippen LogP contribution in [0.2, 0.25) is 0 Å². The minimum atomic E-state index is -0.0928. The van der Waals surface area contributed by atoms with Gasteiger partial charge in [0, 0.05) is 37.4 Å². The van der Waals surface area contributed by atoms with Gasteiger partial charge in [-0.05, 0) is 44.6 Å². The number of aromatic nitrogens is 3. The molecule has 3 heterocycles. The summed E-state index contributed by atoms with van der Waals surface area (Å²) in [4.78, 5) is 35.9. The highest BCUT2D eigenvalue weighted by Crippen LogP contribution is 2.31. The van der Waals surface area contributed by atoms with E-state index in [4.69, 9.17) is 0 Å².